The standard InChI is InChI=1S/C16H17N3O3/c1-10-7-13(18(2)17-10)15(20)19-9-12-6-4-3-5-11(12)8-14(19)16(21)22/h3-7,14H,8-9H2,1-2H3,(H,21,22). The molecule has 2 aromatic rings. The molecule has 1 aliphatic rings. The fourth-order valence-electron chi connectivity index (χ4n) is 2.91. The first-order valence-electron chi connectivity index (χ1n) is 7.08. The number of benzene rings is 1. The smallest absolute Gasteiger partial charge is 0.326 e. The number of rotatable bonds is 2. The predicted molar refractivity (Wildman–Crippen MR) is 79.4 cm³/mol. The molecule has 1 unspecified atom stereocenters. The van der Waals surface area contributed by atoms with Gasteiger partial charge in [-0.3, -0.25) is 9.48 Å². The second-order valence-electron chi connectivity index (χ2n) is 5.55. The topological polar surface area (TPSA) is 75.4 Å². The van der Waals surface area contributed by atoms with Crippen LogP contribution in [-0.4, -0.2) is 37.7 Å². The summed E-state index contributed by atoms with van der Waals surface area (Å²) in [5, 5.41) is 13.7. The zero-order chi connectivity index (χ0) is 15.9. The van der Waals surface area contributed by atoms with Crippen LogP contribution in [0.1, 0.15) is 27.3 Å². The van der Waals surface area contributed by atoms with Crippen LogP contribution in [0.3, 0.4) is 0 Å². The van der Waals surface area contributed by atoms with Gasteiger partial charge in [0.2, 0.25) is 0 Å². The third-order valence-electron chi connectivity index (χ3n) is 4.02. The molecule has 0 aliphatic carbocycles. The molecular formula is C16H17N3O3. The Morgan fingerprint density at radius 2 is 1.95 bits per heavy atom. The average molecular weight is 299 g/mol. The van der Waals surface area contributed by atoms with Crippen LogP contribution in [0.4, 0.5) is 0 Å². The highest BCUT2D eigenvalue weighted by Gasteiger charge is 2.35. The number of carbonyl (C=O) groups excluding carboxylic acids is 1. The SMILES string of the molecule is Cc1cc(C(=O)N2Cc3ccccc3CC2C(=O)O)n(C)n1. The third-order valence-corrected chi connectivity index (χ3v) is 4.02. The largest absolute Gasteiger partial charge is 0.480 e. The second kappa shape index (κ2) is 5.29. The zero-order valence-electron chi connectivity index (χ0n) is 12.5. The maximum absolute atomic E-state index is 12.8. The van der Waals surface area contributed by atoms with Crippen molar-refractivity contribution in [1.29, 1.82) is 0 Å². The Kier molecular flexibility index (Phi) is 3.44. The molecule has 0 radical (unpaired) electrons. The number of hydrogen-bond donors (Lipinski definition) is 1. The lowest BCUT2D eigenvalue weighted by Crippen LogP contribution is -2.49. The van der Waals surface area contributed by atoms with E-state index in [0.29, 0.717) is 18.7 Å². The molecule has 1 atom stereocenters. The van der Waals surface area contributed by atoms with Crippen molar-refractivity contribution in [3.63, 3.8) is 0 Å². The van der Waals surface area contributed by atoms with Gasteiger partial charge in [0.1, 0.15) is 11.7 Å². The first kappa shape index (κ1) is 14.3. The summed E-state index contributed by atoms with van der Waals surface area (Å²) in [5.74, 6) is -1.29. The Bertz CT molecular complexity index is 751. The maximum Gasteiger partial charge on any atom is 0.326 e. The van der Waals surface area contributed by atoms with Crippen molar-refractivity contribution in [3.8, 4) is 0 Å². The predicted octanol–water partition coefficient (Wildman–Crippen LogP) is 1.38. The van der Waals surface area contributed by atoms with Gasteiger partial charge in [-0.1, -0.05) is 24.3 Å². The second-order valence-corrected chi connectivity index (χ2v) is 5.55. The molecule has 0 bridgehead atoms. The summed E-state index contributed by atoms with van der Waals surface area (Å²) in [7, 11) is 1.69. The number of carboxylic acid groups (broad SMARTS) is 1. The summed E-state index contributed by atoms with van der Waals surface area (Å²) in [6.45, 7) is 2.10. The lowest BCUT2D eigenvalue weighted by atomic mass is 9.93. The first-order chi connectivity index (χ1) is 10.5. The van der Waals surface area contributed by atoms with E-state index in [-0.39, 0.29) is 5.91 Å². The number of hydrogen-bond acceptors (Lipinski definition) is 3. The molecule has 6 nitrogen and oxygen atoms in total. The molecule has 1 N–H and O–H groups in total. The Balaban J connectivity index is 1.99. The molecule has 1 amide bonds. The summed E-state index contributed by atoms with van der Waals surface area (Å²) >= 11 is 0. The van der Waals surface area contributed by atoms with Crippen LogP contribution in [0.2, 0.25) is 0 Å². The highest BCUT2D eigenvalue weighted by atomic mass is 16.4. The Morgan fingerprint density at radius 3 is 2.55 bits per heavy atom. The van der Waals surface area contributed by atoms with Crippen molar-refractivity contribution in [1.82, 2.24) is 14.7 Å². The molecule has 0 fully saturated rings. The van der Waals surface area contributed by atoms with Crippen molar-refractivity contribution in [2.75, 3.05) is 0 Å². The summed E-state index contributed by atoms with van der Waals surface area (Å²) in [6, 6.07) is 8.47. The van der Waals surface area contributed by atoms with Gasteiger partial charge in [0.05, 0.1) is 5.69 Å². The van der Waals surface area contributed by atoms with Crippen LogP contribution in [0.15, 0.2) is 30.3 Å². The summed E-state index contributed by atoms with van der Waals surface area (Å²) in [4.78, 5) is 25.8. The molecule has 0 spiro atoms. The normalized spacial score (nSPS) is 17.2. The van der Waals surface area contributed by atoms with Gasteiger partial charge < -0.3 is 10.0 Å². The molecule has 2 heterocycles. The van der Waals surface area contributed by atoms with E-state index in [4.69, 9.17) is 0 Å². The molecule has 22 heavy (non-hydrogen) atoms. The third kappa shape index (κ3) is 2.36. The van der Waals surface area contributed by atoms with Crippen molar-refractivity contribution in [3.05, 3.63) is 52.8 Å². The maximum atomic E-state index is 12.8. The van der Waals surface area contributed by atoms with Gasteiger partial charge in [0.15, 0.2) is 0 Å². The van der Waals surface area contributed by atoms with Crippen LogP contribution >= 0.6 is 0 Å². The number of fused-ring (bicyclic) bond motifs is 1. The number of carboxylic acids is 1. The summed E-state index contributed by atoms with van der Waals surface area (Å²) < 4.78 is 1.50. The van der Waals surface area contributed by atoms with Gasteiger partial charge in [-0.25, -0.2) is 4.79 Å². The fraction of sp³-hybridized carbons (Fsp3) is 0.312. The Hall–Kier alpha value is -2.63. The minimum Gasteiger partial charge on any atom is -0.480 e. The van der Waals surface area contributed by atoms with Gasteiger partial charge in [0, 0.05) is 20.0 Å². The van der Waals surface area contributed by atoms with Crippen LogP contribution in [0, 0.1) is 6.92 Å². The quantitative estimate of drug-likeness (QED) is 0.909. The van der Waals surface area contributed by atoms with Crippen LogP contribution < -0.4 is 0 Å². The first-order valence-corrected chi connectivity index (χ1v) is 7.08. The highest BCUT2D eigenvalue weighted by Crippen LogP contribution is 2.25. The van der Waals surface area contributed by atoms with E-state index in [1.54, 1.807) is 20.0 Å². The number of amides is 1. The number of aliphatic carboxylic acids is 1. The molecule has 1 aromatic heterocycles. The van der Waals surface area contributed by atoms with Gasteiger partial charge in [-0.15, -0.1) is 0 Å². The minimum atomic E-state index is -0.984. The Morgan fingerprint density at radius 1 is 1.27 bits per heavy atom. The highest BCUT2D eigenvalue weighted by molar-refractivity contribution is 5.95. The van der Waals surface area contributed by atoms with Gasteiger partial charge in [-0.05, 0) is 24.1 Å². The molecule has 1 aromatic carbocycles. The number of carbonyl (C=O) groups is 2. The molecule has 1 aliphatic heterocycles. The average Bonchev–Trinajstić information content (AvgIpc) is 2.83. The minimum absolute atomic E-state index is 0.301. The molecule has 6 heteroatoms. The fourth-order valence-corrected chi connectivity index (χ4v) is 2.91. The molecule has 0 saturated heterocycles. The summed E-state index contributed by atoms with van der Waals surface area (Å²) in [5.41, 5.74) is 3.12. The van der Waals surface area contributed by atoms with E-state index in [1.807, 2.05) is 24.3 Å². The van der Waals surface area contributed by atoms with Crippen molar-refractivity contribution >= 4 is 11.9 Å². The van der Waals surface area contributed by atoms with Crippen molar-refractivity contribution in [2.45, 2.75) is 25.9 Å². The number of aryl methyl sites for hydroxylation is 2. The van der Waals surface area contributed by atoms with Gasteiger partial charge >= 0.3 is 5.97 Å². The molecule has 114 valence electrons. The lowest BCUT2D eigenvalue weighted by Gasteiger charge is -2.34. The van der Waals surface area contributed by atoms with Crippen LogP contribution in [0.5, 0.6) is 0 Å². The van der Waals surface area contributed by atoms with E-state index in [2.05, 4.69) is 5.10 Å². The lowest BCUT2D eigenvalue weighted by molar-refractivity contribution is -0.142. The van der Waals surface area contributed by atoms with Crippen molar-refractivity contribution in [2.24, 2.45) is 7.05 Å². The van der Waals surface area contributed by atoms with E-state index in [1.165, 1.54) is 9.58 Å². The van der Waals surface area contributed by atoms with Crippen LogP contribution in [0.25, 0.3) is 0 Å². The number of nitrogens with zero attached hydrogens (tertiary/aromatic N) is 3. The van der Waals surface area contributed by atoms with Gasteiger partial charge in [-0.2, -0.15) is 5.10 Å². The molecular weight excluding hydrogens is 282 g/mol. The van der Waals surface area contributed by atoms with E-state index in [9.17, 15) is 14.7 Å². The van der Waals surface area contributed by atoms with E-state index >= 15 is 0 Å². The summed E-state index contributed by atoms with van der Waals surface area (Å²) in [6.07, 6.45) is 0.327. The van der Waals surface area contributed by atoms with Crippen molar-refractivity contribution < 1.29 is 14.7 Å². The van der Waals surface area contributed by atoms with E-state index in [0.717, 1.165) is 16.8 Å². The molecule has 0 saturated carbocycles. The number of aromatic nitrogens is 2. The monoisotopic (exact) mass is 299 g/mol. The molecule has 3 rings (SSSR count). The van der Waals surface area contributed by atoms with Crippen LogP contribution in [-0.2, 0) is 24.8 Å². The zero-order valence-corrected chi connectivity index (χ0v) is 12.5. The van der Waals surface area contributed by atoms with E-state index < -0.39 is 12.0 Å². The Labute approximate surface area is 128 Å². The van der Waals surface area contributed by atoms with Gasteiger partial charge in [0.25, 0.3) is 5.91 Å².